The van der Waals surface area contributed by atoms with Crippen LogP contribution in [0.1, 0.15) is 16.2 Å². The van der Waals surface area contributed by atoms with Crippen molar-refractivity contribution in [3.8, 4) is 0 Å². The summed E-state index contributed by atoms with van der Waals surface area (Å²) in [6.45, 7) is 1.52. The van der Waals surface area contributed by atoms with E-state index in [2.05, 4.69) is 0 Å². The molecule has 0 saturated carbocycles. The van der Waals surface area contributed by atoms with Crippen LogP contribution in [0.5, 0.6) is 0 Å². The molecule has 0 aliphatic carbocycles. The van der Waals surface area contributed by atoms with Crippen molar-refractivity contribution in [2.45, 2.75) is 13.3 Å². The van der Waals surface area contributed by atoms with Crippen LogP contribution < -0.4 is 0 Å². The second kappa shape index (κ2) is 5.95. The van der Waals surface area contributed by atoms with Crippen LogP contribution in [0, 0.1) is 5.92 Å². The number of carboxylic acids is 2. The van der Waals surface area contributed by atoms with E-state index in [9.17, 15) is 9.59 Å². The molecule has 0 atom stereocenters. The summed E-state index contributed by atoms with van der Waals surface area (Å²) in [6.07, 6.45) is 0.130. The fourth-order valence-electron chi connectivity index (χ4n) is 0.455. The van der Waals surface area contributed by atoms with E-state index < -0.39 is 17.9 Å². The third-order valence-corrected chi connectivity index (χ3v) is 1.00. The minimum Gasteiger partial charge on any atom is -1.00 e. The van der Waals surface area contributed by atoms with Crippen molar-refractivity contribution in [1.29, 1.82) is 0 Å². The number of carbonyl (C=O) groups is 2. The third kappa shape index (κ3) is 4.09. The van der Waals surface area contributed by atoms with Crippen molar-refractivity contribution in [2.75, 3.05) is 0 Å². The van der Waals surface area contributed by atoms with Gasteiger partial charge in [0.1, 0.15) is 0 Å². The van der Waals surface area contributed by atoms with Gasteiger partial charge in [0.2, 0.25) is 0 Å². The normalized spacial score (nSPS) is 8.60. The van der Waals surface area contributed by atoms with Gasteiger partial charge in [-0.25, -0.2) is 0 Å². The molecule has 5 heteroatoms. The Morgan fingerprint density at radius 3 is 1.70 bits per heavy atom. The van der Waals surface area contributed by atoms with Crippen molar-refractivity contribution in [3.63, 3.8) is 0 Å². The Kier molecular flexibility index (Phi) is 7.63. The first-order chi connectivity index (χ1) is 4.09. The Morgan fingerprint density at radius 2 is 1.70 bits per heavy atom. The summed E-state index contributed by atoms with van der Waals surface area (Å²) in [4.78, 5) is 20.0. The van der Waals surface area contributed by atoms with Gasteiger partial charge >= 0.3 is 49.7 Å². The summed E-state index contributed by atoms with van der Waals surface area (Å²) in [7, 11) is 0. The first-order valence-electron chi connectivity index (χ1n) is 2.55. The monoisotopic (exact) mass is 174 g/mol. The molecule has 0 aromatic carbocycles. The van der Waals surface area contributed by atoms with Gasteiger partial charge in [0.05, 0.1) is 0 Å². The predicted molar refractivity (Wildman–Crippen MR) is 37.0 cm³/mol. The van der Waals surface area contributed by atoms with Gasteiger partial charge < -0.3 is 13.1 Å². The largest absolute Gasteiger partial charge is 2.00 e. The molecular weight excluding hydrogens is 164 g/mol. The van der Waals surface area contributed by atoms with Crippen LogP contribution in [0.4, 0.5) is 0 Å². The standard InChI is InChI=1S/C5H8O4.Ca.2H/c1-2-3(4(6)7)5(8)9;;;/h3H,2H2,1H3,(H,6,7)(H,8,9);;;/q;+2;2*-1. The van der Waals surface area contributed by atoms with Crippen molar-refractivity contribution in [2.24, 2.45) is 5.92 Å². The molecule has 10 heavy (non-hydrogen) atoms. The summed E-state index contributed by atoms with van der Waals surface area (Å²) < 4.78 is 0. The third-order valence-electron chi connectivity index (χ3n) is 1.00. The number of hydrogen-bond acceptors (Lipinski definition) is 2. The molecule has 0 spiro atoms. The topological polar surface area (TPSA) is 74.6 Å². The maximum Gasteiger partial charge on any atom is 2.00 e. The molecule has 0 aliphatic heterocycles. The number of carboxylic acid groups (broad SMARTS) is 2. The maximum absolute atomic E-state index is 9.99. The minimum absolute atomic E-state index is 0. The van der Waals surface area contributed by atoms with Crippen molar-refractivity contribution in [3.05, 3.63) is 0 Å². The summed E-state index contributed by atoms with van der Waals surface area (Å²) in [5, 5.41) is 16.3. The fourth-order valence-corrected chi connectivity index (χ4v) is 0.455. The smallest absolute Gasteiger partial charge is 1.00 e. The predicted octanol–water partition coefficient (Wildman–Crippen LogP) is 0.0260. The molecule has 0 aromatic rings. The Labute approximate surface area is 91.2 Å². The van der Waals surface area contributed by atoms with E-state index in [1.165, 1.54) is 6.92 Å². The number of rotatable bonds is 3. The molecule has 2 N–H and O–H groups in total. The Morgan fingerprint density at radius 1 is 1.40 bits per heavy atom. The molecule has 0 aromatic heterocycles. The molecule has 0 unspecified atom stereocenters. The SMILES string of the molecule is CCC(C(=O)O)C(=O)O.[Ca+2].[H-].[H-]. The molecular formula is C5H10CaO4. The van der Waals surface area contributed by atoms with Crippen molar-refractivity contribution < 1.29 is 22.7 Å². The summed E-state index contributed by atoms with van der Waals surface area (Å²) in [5.41, 5.74) is 0. The molecule has 0 heterocycles. The van der Waals surface area contributed by atoms with E-state index in [-0.39, 0.29) is 47.0 Å². The van der Waals surface area contributed by atoms with Gasteiger partial charge in [-0.3, -0.25) is 9.59 Å². The van der Waals surface area contributed by atoms with E-state index in [1.807, 2.05) is 0 Å². The summed E-state index contributed by atoms with van der Waals surface area (Å²) in [6, 6.07) is 0. The molecule has 0 rings (SSSR count). The minimum atomic E-state index is -1.27. The summed E-state index contributed by atoms with van der Waals surface area (Å²) >= 11 is 0. The van der Waals surface area contributed by atoms with Gasteiger partial charge in [0.15, 0.2) is 5.92 Å². The fraction of sp³-hybridized carbons (Fsp3) is 0.600. The molecule has 0 aliphatic rings. The zero-order chi connectivity index (χ0) is 7.44. The van der Waals surface area contributed by atoms with Gasteiger partial charge in [0.25, 0.3) is 0 Å². The number of aliphatic carboxylic acids is 2. The second-order valence-corrected chi connectivity index (χ2v) is 1.64. The molecule has 56 valence electrons. The Hall–Kier alpha value is 0.200. The van der Waals surface area contributed by atoms with Crippen LogP contribution in [0.2, 0.25) is 0 Å². The van der Waals surface area contributed by atoms with Crippen LogP contribution in [0.25, 0.3) is 0 Å². The van der Waals surface area contributed by atoms with Gasteiger partial charge in [-0.1, -0.05) is 6.92 Å². The average Bonchev–Trinajstić information content (AvgIpc) is 1.64. The van der Waals surface area contributed by atoms with E-state index in [4.69, 9.17) is 10.2 Å². The van der Waals surface area contributed by atoms with Crippen LogP contribution in [0.15, 0.2) is 0 Å². The Bertz CT molecular complexity index is 127. The van der Waals surface area contributed by atoms with Crippen LogP contribution in [0.3, 0.4) is 0 Å². The Balaban J connectivity index is -0.000000107. The van der Waals surface area contributed by atoms with E-state index >= 15 is 0 Å². The average molecular weight is 174 g/mol. The number of hydrogen-bond donors (Lipinski definition) is 2. The van der Waals surface area contributed by atoms with Gasteiger partial charge in [-0.15, -0.1) is 0 Å². The zero-order valence-corrected chi connectivity index (χ0v) is 7.91. The van der Waals surface area contributed by atoms with Gasteiger partial charge in [-0.2, -0.15) is 0 Å². The van der Waals surface area contributed by atoms with Crippen LogP contribution in [-0.2, 0) is 9.59 Å². The molecule has 0 fully saturated rings. The first kappa shape index (κ1) is 12.8. The van der Waals surface area contributed by atoms with E-state index in [0.717, 1.165) is 0 Å². The van der Waals surface area contributed by atoms with E-state index in [0.29, 0.717) is 0 Å². The van der Waals surface area contributed by atoms with Gasteiger partial charge in [-0.05, 0) is 6.42 Å². The first-order valence-corrected chi connectivity index (χ1v) is 2.55. The molecule has 0 radical (unpaired) electrons. The molecule has 0 amide bonds. The molecule has 4 nitrogen and oxygen atoms in total. The van der Waals surface area contributed by atoms with Crippen molar-refractivity contribution >= 4 is 49.7 Å². The zero-order valence-electron chi connectivity index (χ0n) is 7.70. The van der Waals surface area contributed by atoms with Gasteiger partial charge in [0, 0.05) is 0 Å². The van der Waals surface area contributed by atoms with E-state index in [1.54, 1.807) is 0 Å². The quantitative estimate of drug-likeness (QED) is 0.467. The van der Waals surface area contributed by atoms with Crippen molar-refractivity contribution in [1.82, 2.24) is 0 Å². The molecule has 0 saturated heterocycles. The summed E-state index contributed by atoms with van der Waals surface area (Å²) in [5.74, 6) is -3.79. The van der Waals surface area contributed by atoms with Crippen LogP contribution >= 0.6 is 0 Å². The maximum atomic E-state index is 9.99. The second-order valence-electron chi connectivity index (χ2n) is 1.64. The van der Waals surface area contributed by atoms with Crippen LogP contribution in [-0.4, -0.2) is 59.9 Å². The molecule has 0 bridgehead atoms.